The van der Waals surface area contributed by atoms with Crippen molar-refractivity contribution >= 4 is 38.6 Å². The molecule has 0 aliphatic rings. The number of carbonyl (C=O) groups is 1. The molecule has 198 valence electrons. The SMILES string of the molecule is COCc1nc2ccc(C(=O)NS(=O)(=O)c3ccc(C)cc3)cc2n1Cc1ccc(-c2ccccc2)cc1Cl. The van der Waals surface area contributed by atoms with Gasteiger partial charge in [-0.1, -0.05) is 71.8 Å². The number of aryl methyl sites for hydroxylation is 1. The number of methoxy groups -OCH3 is 1. The fraction of sp³-hybridized carbons (Fsp3) is 0.133. The van der Waals surface area contributed by atoms with Gasteiger partial charge in [0.25, 0.3) is 15.9 Å². The van der Waals surface area contributed by atoms with Crippen molar-refractivity contribution in [3.63, 3.8) is 0 Å². The Kier molecular flexibility index (Phi) is 7.52. The van der Waals surface area contributed by atoms with Gasteiger partial charge in [-0.2, -0.15) is 0 Å². The van der Waals surface area contributed by atoms with Gasteiger partial charge >= 0.3 is 0 Å². The lowest BCUT2D eigenvalue weighted by atomic mass is 10.0. The van der Waals surface area contributed by atoms with Crippen molar-refractivity contribution in [3.8, 4) is 11.1 Å². The van der Waals surface area contributed by atoms with E-state index in [2.05, 4.69) is 9.71 Å². The number of hydrogen-bond acceptors (Lipinski definition) is 5. The predicted octanol–water partition coefficient (Wildman–Crippen LogP) is 5.98. The minimum absolute atomic E-state index is 0.0172. The molecule has 5 aromatic rings. The van der Waals surface area contributed by atoms with E-state index in [4.69, 9.17) is 16.3 Å². The Morgan fingerprint density at radius 3 is 2.38 bits per heavy atom. The van der Waals surface area contributed by atoms with Crippen LogP contribution in [-0.4, -0.2) is 31.0 Å². The first-order valence-electron chi connectivity index (χ1n) is 12.2. The van der Waals surface area contributed by atoms with Crippen molar-refractivity contribution < 1.29 is 17.9 Å². The first-order chi connectivity index (χ1) is 18.7. The van der Waals surface area contributed by atoms with Gasteiger partial charge < -0.3 is 9.30 Å². The third kappa shape index (κ3) is 5.73. The molecule has 1 heterocycles. The molecule has 1 N–H and O–H groups in total. The molecule has 1 amide bonds. The Hall–Kier alpha value is -3.98. The van der Waals surface area contributed by atoms with Crippen molar-refractivity contribution in [2.45, 2.75) is 25.0 Å². The van der Waals surface area contributed by atoms with E-state index in [1.165, 1.54) is 12.1 Å². The zero-order chi connectivity index (χ0) is 27.6. The number of nitrogens with one attached hydrogen (secondary N) is 1. The summed E-state index contributed by atoms with van der Waals surface area (Å²) in [6.45, 7) is 2.49. The summed E-state index contributed by atoms with van der Waals surface area (Å²) in [6, 6.07) is 27.0. The third-order valence-electron chi connectivity index (χ3n) is 6.41. The average molecular weight is 560 g/mol. The quantitative estimate of drug-likeness (QED) is 0.253. The van der Waals surface area contributed by atoms with Gasteiger partial charge in [0, 0.05) is 17.7 Å². The van der Waals surface area contributed by atoms with E-state index >= 15 is 0 Å². The van der Waals surface area contributed by atoms with Crippen molar-refractivity contribution in [1.29, 1.82) is 0 Å². The lowest BCUT2D eigenvalue weighted by molar-refractivity contribution is 0.0981. The normalized spacial score (nSPS) is 11.6. The number of fused-ring (bicyclic) bond motifs is 1. The summed E-state index contributed by atoms with van der Waals surface area (Å²) >= 11 is 6.70. The number of rotatable bonds is 8. The monoisotopic (exact) mass is 559 g/mol. The number of hydrogen-bond donors (Lipinski definition) is 1. The van der Waals surface area contributed by atoms with Crippen LogP contribution in [0.25, 0.3) is 22.2 Å². The zero-order valence-electron chi connectivity index (χ0n) is 21.4. The van der Waals surface area contributed by atoms with Crippen LogP contribution in [0.4, 0.5) is 0 Å². The summed E-state index contributed by atoms with van der Waals surface area (Å²) in [5.74, 6) is -0.0794. The molecule has 0 unspecified atom stereocenters. The van der Waals surface area contributed by atoms with Crippen LogP contribution in [-0.2, 0) is 27.9 Å². The van der Waals surface area contributed by atoms with Gasteiger partial charge in [0.05, 0.1) is 22.5 Å². The van der Waals surface area contributed by atoms with Crippen molar-refractivity contribution in [1.82, 2.24) is 14.3 Å². The molecule has 0 saturated heterocycles. The van der Waals surface area contributed by atoms with E-state index < -0.39 is 15.9 Å². The Labute approximate surface area is 232 Å². The van der Waals surface area contributed by atoms with E-state index in [1.54, 1.807) is 37.4 Å². The summed E-state index contributed by atoms with van der Waals surface area (Å²) in [7, 11) is -2.45. The highest BCUT2D eigenvalue weighted by atomic mass is 35.5. The van der Waals surface area contributed by atoms with Crippen LogP contribution in [0.1, 0.15) is 27.3 Å². The average Bonchev–Trinajstić information content (AvgIpc) is 3.26. The van der Waals surface area contributed by atoms with Crippen molar-refractivity contribution in [2.24, 2.45) is 0 Å². The molecule has 39 heavy (non-hydrogen) atoms. The van der Waals surface area contributed by atoms with Crippen LogP contribution in [0.15, 0.2) is 95.9 Å². The lowest BCUT2D eigenvalue weighted by Gasteiger charge is -2.12. The number of halogens is 1. The number of carbonyl (C=O) groups excluding carboxylic acids is 1. The maximum absolute atomic E-state index is 13.0. The number of aromatic nitrogens is 2. The van der Waals surface area contributed by atoms with E-state index in [0.717, 1.165) is 22.3 Å². The third-order valence-corrected chi connectivity index (χ3v) is 8.11. The molecule has 7 nitrogen and oxygen atoms in total. The van der Waals surface area contributed by atoms with Crippen LogP contribution in [0, 0.1) is 6.92 Å². The number of imidazole rings is 1. The Bertz CT molecular complexity index is 1770. The van der Waals surface area contributed by atoms with Crippen molar-refractivity contribution in [2.75, 3.05) is 7.11 Å². The van der Waals surface area contributed by atoms with E-state index in [0.29, 0.717) is 28.4 Å². The molecule has 0 fully saturated rings. The Morgan fingerprint density at radius 2 is 1.69 bits per heavy atom. The van der Waals surface area contributed by atoms with Gasteiger partial charge in [0.1, 0.15) is 12.4 Å². The Balaban J connectivity index is 1.47. The lowest BCUT2D eigenvalue weighted by Crippen LogP contribution is -2.30. The molecule has 0 aliphatic carbocycles. The van der Waals surface area contributed by atoms with Crippen LogP contribution in [0.3, 0.4) is 0 Å². The maximum atomic E-state index is 13.0. The van der Waals surface area contributed by atoms with Gasteiger partial charge in [0.2, 0.25) is 0 Å². The van der Waals surface area contributed by atoms with E-state index in [1.807, 2.05) is 60.0 Å². The molecule has 0 aliphatic heterocycles. The highest BCUT2D eigenvalue weighted by Gasteiger charge is 2.20. The molecule has 0 bridgehead atoms. The molecule has 0 saturated carbocycles. The molecular formula is C30H26ClN3O4S. The standard InChI is InChI=1S/C30H26ClN3O4S/c1-20-8-13-25(14-9-20)39(36,37)33-30(35)23-12-15-27-28(17-23)34(29(32-27)19-38-2)18-24-11-10-22(16-26(24)31)21-6-4-3-5-7-21/h3-17H,18-19H2,1-2H3,(H,33,35). The summed E-state index contributed by atoms with van der Waals surface area (Å²) in [5, 5.41) is 0.597. The predicted molar refractivity (Wildman–Crippen MR) is 152 cm³/mol. The van der Waals surface area contributed by atoms with E-state index in [-0.39, 0.29) is 17.1 Å². The second-order valence-corrected chi connectivity index (χ2v) is 11.3. The topological polar surface area (TPSA) is 90.3 Å². The summed E-state index contributed by atoms with van der Waals surface area (Å²) < 4.78 is 35.0. The molecule has 4 aromatic carbocycles. The highest BCUT2D eigenvalue weighted by molar-refractivity contribution is 7.90. The largest absolute Gasteiger partial charge is 0.377 e. The van der Waals surface area contributed by atoms with Crippen LogP contribution < -0.4 is 4.72 Å². The second kappa shape index (κ2) is 11.0. The van der Waals surface area contributed by atoms with Crippen LogP contribution in [0.2, 0.25) is 5.02 Å². The second-order valence-electron chi connectivity index (χ2n) is 9.17. The zero-order valence-corrected chi connectivity index (χ0v) is 23.0. The minimum Gasteiger partial charge on any atom is -0.377 e. The minimum atomic E-state index is -4.03. The fourth-order valence-corrected chi connectivity index (χ4v) is 5.56. The van der Waals surface area contributed by atoms with Crippen molar-refractivity contribution in [3.05, 3.63) is 119 Å². The van der Waals surface area contributed by atoms with Gasteiger partial charge in [-0.25, -0.2) is 18.1 Å². The summed E-state index contributed by atoms with van der Waals surface area (Å²) in [4.78, 5) is 17.7. The number of benzene rings is 4. The molecule has 1 aromatic heterocycles. The smallest absolute Gasteiger partial charge is 0.265 e. The number of amides is 1. The van der Waals surface area contributed by atoms with Crippen LogP contribution >= 0.6 is 11.6 Å². The van der Waals surface area contributed by atoms with Gasteiger partial charge in [-0.05, 0) is 60.0 Å². The molecule has 9 heteroatoms. The molecule has 0 spiro atoms. The van der Waals surface area contributed by atoms with E-state index in [9.17, 15) is 13.2 Å². The molecular weight excluding hydrogens is 534 g/mol. The number of nitrogens with zero attached hydrogens (tertiary/aromatic N) is 2. The highest BCUT2D eigenvalue weighted by Crippen LogP contribution is 2.28. The van der Waals surface area contributed by atoms with Gasteiger partial charge in [0.15, 0.2) is 0 Å². The maximum Gasteiger partial charge on any atom is 0.265 e. The van der Waals surface area contributed by atoms with Gasteiger partial charge in [-0.3, -0.25) is 4.79 Å². The molecule has 5 rings (SSSR count). The van der Waals surface area contributed by atoms with Crippen LogP contribution in [0.5, 0.6) is 0 Å². The molecule has 0 atom stereocenters. The molecule has 0 radical (unpaired) electrons. The number of sulfonamides is 1. The summed E-state index contributed by atoms with van der Waals surface area (Å²) in [6.07, 6.45) is 0. The first-order valence-corrected chi connectivity index (χ1v) is 14.1. The Morgan fingerprint density at radius 1 is 0.949 bits per heavy atom. The number of ether oxygens (including phenoxy) is 1. The fourth-order valence-electron chi connectivity index (χ4n) is 4.34. The van der Waals surface area contributed by atoms with Gasteiger partial charge in [-0.15, -0.1) is 0 Å². The summed E-state index contributed by atoms with van der Waals surface area (Å²) in [5.41, 5.74) is 5.35. The first kappa shape index (κ1) is 26.6.